The normalized spacial score (nSPS) is 10.9. The highest BCUT2D eigenvalue weighted by Gasteiger charge is 2.12. The second kappa shape index (κ2) is 9.23. The summed E-state index contributed by atoms with van der Waals surface area (Å²) >= 11 is 6.06. The maximum absolute atomic E-state index is 13.2. The number of nitrogens with one attached hydrogen (secondary N) is 1. The van der Waals surface area contributed by atoms with Gasteiger partial charge in [-0.15, -0.1) is 0 Å². The van der Waals surface area contributed by atoms with E-state index in [0.717, 1.165) is 22.4 Å². The van der Waals surface area contributed by atoms with E-state index in [-0.39, 0.29) is 18.3 Å². The monoisotopic (exact) mass is 453 g/mol. The Morgan fingerprint density at radius 1 is 1.06 bits per heavy atom. The van der Waals surface area contributed by atoms with Crippen LogP contribution in [-0.2, 0) is 13.3 Å². The Hall–Kier alpha value is -3.65. The molecule has 2 heterocycles. The molecule has 0 saturated heterocycles. The minimum Gasteiger partial charge on any atom is -0.471 e. The van der Waals surface area contributed by atoms with E-state index in [1.807, 2.05) is 32.0 Å². The summed E-state index contributed by atoms with van der Waals surface area (Å²) in [6.45, 7) is 4.50. The third-order valence-electron chi connectivity index (χ3n) is 4.80. The van der Waals surface area contributed by atoms with Gasteiger partial charge in [0.2, 0.25) is 0 Å². The molecule has 0 fully saturated rings. The molecule has 2 aromatic heterocycles. The number of halogens is 2. The zero-order valence-corrected chi connectivity index (χ0v) is 18.3. The molecule has 0 spiro atoms. The molecule has 9 heteroatoms. The van der Waals surface area contributed by atoms with Gasteiger partial charge in [0.15, 0.2) is 18.2 Å². The minimum atomic E-state index is -0.397. The Morgan fingerprint density at radius 3 is 2.69 bits per heavy atom. The Kier molecular flexibility index (Phi) is 6.23. The highest BCUT2D eigenvalue weighted by Crippen LogP contribution is 2.20. The number of rotatable bonds is 7. The van der Waals surface area contributed by atoms with Crippen LogP contribution >= 0.6 is 11.6 Å². The first-order chi connectivity index (χ1) is 15.4. The van der Waals surface area contributed by atoms with Gasteiger partial charge in [-0.25, -0.2) is 9.07 Å². The Morgan fingerprint density at radius 2 is 1.88 bits per heavy atom. The molecule has 4 rings (SSSR count). The molecular formula is C23H21ClFN5O2. The van der Waals surface area contributed by atoms with E-state index in [0.29, 0.717) is 17.4 Å². The summed E-state index contributed by atoms with van der Waals surface area (Å²) in [4.78, 5) is 12.5. The van der Waals surface area contributed by atoms with Gasteiger partial charge in [0.25, 0.3) is 5.91 Å². The van der Waals surface area contributed by atoms with Gasteiger partial charge in [0, 0.05) is 23.5 Å². The molecular weight excluding hydrogens is 433 g/mol. The van der Waals surface area contributed by atoms with Gasteiger partial charge in [-0.1, -0.05) is 29.8 Å². The fraction of sp³-hybridized carbons (Fsp3) is 0.174. The average molecular weight is 454 g/mol. The molecule has 0 unspecified atom stereocenters. The van der Waals surface area contributed by atoms with Crippen molar-refractivity contribution in [3.63, 3.8) is 0 Å². The van der Waals surface area contributed by atoms with Gasteiger partial charge in [-0.3, -0.25) is 9.48 Å². The summed E-state index contributed by atoms with van der Waals surface area (Å²) in [6, 6.07) is 13.4. The lowest BCUT2D eigenvalue weighted by atomic mass is 10.1. The van der Waals surface area contributed by atoms with Crippen LogP contribution in [0.2, 0.25) is 5.02 Å². The molecule has 0 aliphatic rings. The largest absolute Gasteiger partial charge is 0.471 e. The summed E-state index contributed by atoms with van der Waals surface area (Å²) in [6.07, 6.45) is 3.38. The molecule has 1 amide bonds. The topological polar surface area (TPSA) is 74.0 Å². The van der Waals surface area contributed by atoms with E-state index in [4.69, 9.17) is 16.3 Å². The van der Waals surface area contributed by atoms with Crippen molar-refractivity contribution in [2.75, 3.05) is 5.32 Å². The summed E-state index contributed by atoms with van der Waals surface area (Å²) in [5.74, 6) is 0.360. The number of anilines is 1. The number of aromatic nitrogens is 4. The maximum Gasteiger partial charge on any atom is 0.277 e. The van der Waals surface area contributed by atoms with Gasteiger partial charge in [-0.05, 0) is 54.8 Å². The van der Waals surface area contributed by atoms with Crippen LogP contribution in [0.25, 0.3) is 0 Å². The van der Waals surface area contributed by atoms with Crippen molar-refractivity contribution < 1.29 is 13.9 Å². The van der Waals surface area contributed by atoms with Crippen LogP contribution in [0.5, 0.6) is 5.75 Å². The Bertz CT molecular complexity index is 1270. The molecule has 0 aliphatic heterocycles. The fourth-order valence-electron chi connectivity index (χ4n) is 3.07. The zero-order valence-electron chi connectivity index (χ0n) is 17.5. The van der Waals surface area contributed by atoms with Gasteiger partial charge in [0.1, 0.15) is 11.6 Å². The number of aryl methyl sites for hydroxylation is 2. The minimum absolute atomic E-state index is 0.185. The first-order valence-corrected chi connectivity index (χ1v) is 10.3. The predicted octanol–water partition coefficient (Wildman–Crippen LogP) is 4.83. The zero-order chi connectivity index (χ0) is 22.7. The van der Waals surface area contributed by atoms with Crippen LogP contribution in [0, 0.1) is 19.7 Å². The van der Waals surface area contributed by atoms with E-state index in [1.54, 1.807) is 40.0 Å². The van der Waals surface area contributed by atoms with Crippen molar-refractivity contribution in [2.24, 2.45) is 0 Å². The SMILES string of the molecule is Cc1ccc(C)c(OCn2ccc(C(=O)Nc3ccn(Cc4ccc(F)cc4Cl)n3)n2)c1. The molecule has 4 aromatic rings. The lowest BCUT2D eigenvalue weighted by molar-refractivity contribution is 0.101. The molecule has 1 N–H and O–H groups in total. The number of benzene rings is 2. The maximum atomic E-state index is 13.2. The van der Waals surface area contributed by atoms with Crippen molar-refractivity contribution in [1.82, 2.24) is 19.6 Å². The summed E-state index contributed by atoms with van der Waals surface area (Å²) in [5, 5.41) is 11.6. The molecule has 0 saturated carbocycles. The number of carbonyl (C=O) groups excluding carboxylic acids is 1. The van der Waals surface area contributed by atoms with Crippen molar-refractivity contribution in [1.29, 1.82) is 0 Å². The highest BCUT2D eigenvalue weighted by atomic mass is 35.5. The Labute approximate surface area is 189 Å². The third kappa shape index (κ3) is 5.15. The lowest BCUT2D eigenvalue weighted by Crippen LogP contribution is -2.15. The van der Waals surface area contributed by atoms with Gasteiger partial charge in [-0.2, -0.15) is 10.2 Å². The van der Waals surface area contributed by atoms with Crippen molar-refractivity contribution in [2.45, 2.75) is 27.1 Å². The molecule has 7 nitrogen and oxygen atoms in total. The van der Waals surface area contributed by atoms with Crippen LogP contribution in [0.1, 0.15) is 27.2 Å². The van der Waals surface area contributed by atoms with Crippen LogP contribution in [0.15, 0.2) is 60.9 Å². The smallest absolute Gasteiger partial charge is 0.277 e. The van der Waals surface area contributed by atoms with Crippen LogP contribution in [-0.4, -0.2) is 25.5 Å². The number of ether oxygens (including phenoxy) is 1. The molecule has 0 radical (unpaired) electrons. The highest BCUT2D eigenvalue weighted by molar-refractivity contribution is 6.31. The average Bonchev–Trinajstić information content (AvgIpc) is 3.40. The van der Waals surface area contributed by atoms with Crippen molar-refractivity contribution >= 4 is 23.3 Å². The molecule has 2 aromatic carbocycles. The summed E-state index contributed by atoms with van der Waals surface area (Å²) < 4.78 is 22.2. The van der Waals surface area contributed by atoms with Crippen LogP contribution < -0.4 is 10.1 Å². The predicted molar refractivity (Wildman–Crippen MR) is 119 cm³/mol. The lowest BCUT2D eigenvalue weighted by Gasteiger charge is -2.09. The third-order valence-corrected chi connectivity index (χ3v) is 5.15. The number of carbonyl (C=O) groups is 1. The first-order valence-electron chi connectivity index (χ1n) is 9.89. The number of hydrogen-bond donors (Lipinski definition) is 1. The molecule has 164 valence electrons. The van der Waals surface area contributed by atoms with E-state index >= 15 is 0 Å². The van der Waals surface area contributed by atoms with Gasteiger partial charge >= 0.3 is 0 Å². The number of nitrogens with zero attached hydrogens (tertiary/aromatic N) is 4. The summed E-state index contributed by atoms with van der Waals surface area (Å²) in [7, 11) is 0. The standard InChI is InChI=1S/C23H21ClFN5O2/c1-15-3-4-16(2)21(11-15)32-14-30-9-7-20(27-30)23(31)26-22-8-10-29(28-22)13-17-5-6-18(25)12-19(17)24/h3-12H,13-14H2,1-2H3,(H,26,28,31). The van der Waals surface area contributed by atoms with Crippen molar-refractivity contribution in [3.8, 4) is 5.75 Å². The number of hydrogen-bond acceptors (Lipinski definition) is 4. The van der Waals surface area contributed by atoms with Crippen LogP contribution in [0.3, 0.4) is 0 Å². The van der Waals surface area contributed by atoms with E-state index < -0.39 is 5.82 Å². The van der Waals surface area contributed by atoms with E-state index in [9.17, 15) is 9.18 Å². The first kappa shape index (κ1) is 21.6. The number of amides is 1. The Balaban J connectivity index is 1.35. The van der Waals surface area contributed by atoms with E-state index in [2.05, 4.69) is 15.5 Å². The molecule has 0 atom stereocenters. The second-order valence-corrected chi connectivity index (χ2v) is 7.78. The van der Waals surface area contributed by atoms with Gasteiger partial charge < -0.3 is 10.1 Å². The van der Waals surface area contributed by atoms with Gasteiger partial charge in [0.05, 0.1) is 6.54 Å². The van der Waals surface area contributed by atoms with E-state index in [1.165, 1.54) is 12.1 Å². The quantitative estimate of drug-likeness (QED) is 0.435. The van der Waals surface area contributed by atoms with Crippen LogP contribution in [0.4, 0.5) is 10.2 Å². The fourth-order valence-corrected chi connectivity index (χ4v) is 3.30. The molecule has 0 aliphatic carbocycles. The molecule has 32 heavy (non-hydrogen) atoms. The second-order valence-electron chi connectivity index (χ2n) is 7.37. The molecule has 0 bridgehead atoms. The van der Waals surface area contributed by atoms with Crippen molar-refractivity contribution in [3.05, 3.63) is 94.1 Å². The summed E-state index contributed by atoms with van der Waals surface area (Å²) in [5.41, 5.74) is 3.09.